The van der Waals surface area contributed by atoms with Gasteiger partial charge >= 0.3 is 0 Å². The van der Waals surface area contributed by atoms with E-state index in [0.717, 1.165) is 24.9 Å². The van der Waals surface area contributed by atoms with Gasteiger partial charge in [-0.25, -0.2) is 4.39 Å². The Labute approximate surface area is 108 Å². The molecule has 1 aromatic carbocycles. The van der Waals surface area contributed by atoms with Crippen molar-refractivity contribution in [3.63, 3.8) is 0 Å². The number of likely N-dealkylation sites (tertiary alicyclic amines) is 1. The Bertz CT molecular complexity index is 450. The average Bonchev–Trinajstić information content (AvgIpc) is 2.75. The molecule has 2 nitrogen and oxygen atoms in total. The van der Waals surface area contributed by atoms with Crippen LogP contribution in [0.5, 0.6) is 0 Å². The molecular weight excluding hydrogens is 229 g/mol. The molecule has 0 aliphatic carbocycles. The third kappa shape index (κ3) is 2.55. The van der Waals surface area contributed by atoms with Crippen LogP contribution < -0.4 is 0 Å². The molecule has 0 radical (unpaired) electrons. The lowest BCUT2D eigenvalue weighted by Crippen LogP contribution is -2.38. The Morgan fingerprint density at radius 3 is 2.72 bits per heavy atom. The summed E-state index contributed by atoms with van der Waals surface area (Å²) in [5.74, 6) is -0.0863. The molecule has 1 heterocycles. The number of rotatable bonds is 1. The molecule has 0 unspecified atom stereocenters. The van der Waals surface area contributed by atoms with Gasteiger partial charge in [-0.15, -0.1) is 0 Å². The summed E-state index contributed by atoms with van der Waals surface area (Å²) in [6.07, 6.45) is 1.91. The molecule has 2 rings (SSSR count). The van der Waals surface area contributed by atoms with E-state index in [-0.39, 0.29) is 23.2 Å². The molecule has 0 aromatic heterocycles. The van der Waals surface area contributed by atoms with Crippen LogP contribution in [-0.2, 0) is 4.79 Å². The molecular formula is C15H20FNO. The van der Waals surface area contributed by atoms with E-state index >= 15 is 0 Å². The molecule has 1 saturated heterocycles. The molecule has 3 heteroatoms. The minimum Gasteiger partial charge on any atom is -0.335 e. The van der Waals surface area contributed by atoms with Gasteiger partial charge in [0.1, 0.15) is 5.82 Å². The van der Waals surface area contributed by atoms with Gasteiger partial charge in [0.2, 0.25) is 5.91 Å². The highest BCUT2D eigenvalue weighted by molar-refractivity contribution is 5.82. The van der Waals surface area contributed by atoms with E-state index < -0.39 is 0 Å². The summed E-state index contributed by atoms with van der Waals surface area (Å²) in [6.45, 7) is 6.56. The largest absolute Gasteiger partial charge is 0.335 e. The molecule has 0 spiro atoms. The summed E-state index contributed by atoms with van der Waals surface area (Å²) in [5, 5.41) is 0. The van der Waals surface area contributed by atoms with Crippen molar-refractivity contribution in [3.05, 3.63) is 35.6 Å². The van der Waals surface area contributed by atoms with E-state index in [2.05, 4.69) is 0 Å². The first-order chi connectivity index (χ1) is 8.39. The summed E-state index contributed by atoms with van der Waals surface area (Å²) >= 11 is 0. The summed E-state index contributed by atoms with van der Waals surface area (Å²) in [5.41, 5.74) is 0.528. The molecule has 18 heavy (non-hydrogen) atoms. The number of halogens is 1. The van der Waals surface area contributed by atoms with E-state index in [4.69, 9.17) is 0 Å². The van der Waals surface area contributed by atoms with E-state index in [9.17, 15) is 9.18 Å². The topological polar surface area (TPSA) is 20.3 Å². The van der Waals surface area contributed by atoms with Gasteiger partial charge < -0.3 is 4.90 Å². The van der Waals surface area contributed by atoms with Gasteiger partial charge in [0, 0.05) is 12.0 Å². The molecule has 1 fully saturated rings. The average molecular weight is 249 g/mol. The minimum atomic E-state index is -0.379. The van der Waals surface area contributed by atoms with Crippen LogP contribution in [0.25, 0.3) is 0 Å². The number of amides is 1. The third-order valence-electron chi connectivity index (χ3n) is 3.39. The lowest BCUT2D eigenvalue weighted by Gasteiger charge is -2.31. The van der Waals surface area contributed by atoms with Gasteiger partial charge in [0.05, 0.1) is 6.04 Å². The van der Waals surface area contributed by atoms with Crippen molar-refractivity contribution in [2.24, 2.45) is 5.41 Å². The summed E-state index contributed by atoms with van der Waals surface area (Å²) < 4.78 is 13.3. The van der Waals surface area contributed by atoms with Crippen molar-refractivity contribution in [3.8, 4) is 0 Å². The first-order valence-corrected chi connectivity index (χ1v) is 6.46. The van der Waals surface area contributed by atoms with Crippen molar-refractivity contribution in [1.82, 2.24) is 4.90 Å². The third-order valence-corrected chi connectivity index (χ3v) is 3.39. The quantitative estimate of drug-likeness (QED) is 0.745. The summed E-state index contributed by atoms with van der Waals surface area (Å²) in [4.78, 5) is 14.3. The lowest BCUT2D eigenvalue weighted by atomic mass is 9.93. The molecule has 0 bridgehead atoms. The Balaban J connectivity index is 2.25. The number of nitrogens with zero attached hydrogens (tertiary/aromatic N) is 1. The zero-order valence-corrected chi connectivity index (χ0v) is 11.2. The normalized spacial score (nSPS) is 20.2. The van der Waals surface area contributed by atoms with Crippen molar-refractivity contribution in [2.45, 2.75) is 39.7 Å². The Morgan fingerprint density at radius 1 is 1.39 bits per heavy atom. The highest BCUT2D eigenvalue weighted by atomic mass is 19.1. The van der Waals surface area contributed by atoms with Gasteiger partial charge in [-0.2, -0.15) is 0 Å². The molecule has 1 atom stereocenters. The second-order valence-corrected chi connectivity index (χ2v) is 5.96. The van der Waals surface area contributed by atoms with E-state index in [1.165, 1.54) is 6.07 Å². The number of hydrogen-bond acceptors (Lipinski definition) is 1. The van der Waals surface area contributed by atoms with Crippen LogP contribution in [0, 0.1) is 11.2 Å². The van der Waals surface area contributed by atoms with Gasteiger partial charge in [0.25, 0.3) is 0 Å². The van der Waals surface area contributed by atoms with Crippen LogP contribution in [-0.4, -0.2) is 17.4 Å². The molecule has 1 aromatic rings. The molecule has 98 valence electrons. The van der Waals surface area contributed by atoms with Crippen LogP contribution in [0.15, 0.2) is 24.3 Å². The smallest absolute Gasteiger partial charge is 0.228 e. The maximum atomic E-state index is 13.3. The van der Waals surface area contributed by atoms with Gasteiger partial charge in [-0.1, -0.05) is 32.9 Å². The second-order valence-electron chi connectivity index (χ2n) is 5.96. The SMILES string of the molecule is CC(C)(C)C(=O)N1CCC[C@H]1c1cccc(F)c1. The Morgan fingerprint density at radius 2 is 2.11 bits per heavy atom. The molecule has 1 aliphatic heterocycles. The first kappa shape index (κ1) is 13.1. The van der Waals surface area contributed by atoms with Crippen molar-refractivity contribution in [2.75, 3.05) is 6.54 Å². The van der Waals surface area contributed by atoms with Crippen LogP contribution in [0.1, 0.15) is 45.2 Å². The fourth-order valence-corrected chi connectivity index (χ4v) is 2.50. The van der Waals surface area contributed by atoms with Gasteiger partial charge in [0.15, 0.2) is 0 Å². The molecule has 1 amide bonds. The molecule has 0 saturated carbocycles. The van der Waals surface area contributed by atoms with Gasteiger partial charge in [-0.3, -0.25) is 4.79 Å². The highest BCUT2D eigenvalue weighted by Crippen LogP contribution is 2.35. The zero-order chi connectivity index (χ0) is 13.3. The lowest BCUT2D eigenvalue weighted by molar-refractivity contribution is -0.140. The zero-order valence-electron chi connectivity index (χ0n) is 11.2. The van der Waals surface area contributed by atoms with Gasteiger partial charge in [-0.05, 0) is 30.5 Å². The number of carbonyl (C=O) groups is 1. The van der Waals surface area contributed by atoms with E-state index in [1.807, 2.05) is 31.7 Å². The fourth-order valence-electron chi connectivity index (χ4n) is 2.50. The Hall–Kier alpha value is -1.38. The fraction of sp³-hybridized carbons (Fsp3) is 0.533. The number of carbonyl (C=O) groups excluding carboxylic acids is 1. The van der Waals surface area contributed by atoms with Crippen molar-refractivity contribution < 1.29 is 9.18 Å². The Kier molecular flexibility index (Phi) is 3.42. The summed E-state index contributed by atoms with van der Waals surface area (Å²) in [7, 11) is 0. The predicted molar refractivity (Wildman–Crippen MR) is 69.5 cm³/mol. The molecule has 0 N–H and O–H groups in total. The minimum absolute atomic E-state index is 0.0347. The predicted octanol–water partition coefficient (Wildman–Crippen LogP) is 3.54. The molecule has 1 aliphatic rings. The van der Waals surface area contributed by atoms with E-state index in [1.54, 1.807) is 12.1 Å². The monoisotopic (exact) mass is 249 g/mol. The van der Waals surface area contributed by atoms with Crippen molar-refractivity contribution >= 4 is 5.91 Å². The summed E-state index contributed by atoms with van der Waals surface area (Å²) in [6, 6.07) is 6.63. The van der Waals surface area contributed by atoms with Crippen LogP contribution in [0.4, 0.5) is 4.39 Å². The van der Waals surface area contributed by atoms with Crippen molar-refractivity contribution in [1.29, 1.82) is 0 Å². The second kappa shape index (κ2) is 4.71. The highest BCUT2D eigenvalue weighted by Gasteiger charge is 2.35. The maximum Gasteiger partial charge on any atom is 0.228 e. The standard InChI is InChI=1S/C15H20FNO/c1-15(2,3)14(18)17-9-5-8-13(17)11-6-4-7-12(16)10-11/h4,6-7,10,13H,5,8-9H2,1-3H3/t13-/m0/s1. The number of hydrogen-bond donors (Lipinski definition) is 0. The van der Waals surface area contributed by atoms with Crippen LogP contribution >= 0.6 is 0 Å². The van der Waals surface area contributed by atoms with E-state index in [0.29, 0.717) is 0 Å². The number of benzene rings is 1. The van der Waals surface area contributed by atoms with Crippen LogP contribution in [0.3, 0.4) is 0 Å². The first-order valence-electron chi connectivity index (χ1n) is 6.46. The van der Waals surface area contributed by atoms with Crippen LogP contribution in [0.2, 0.25) is 0 Å². The maximum absolute atomic E-state index is 13.3.